The van der Waals surface area contributed by atoms with Gasteiger partial charge in [0.05, 0.1) is 10.7 Å². The fourth-order valence-corrected chi connectivity index (χ4v) is 5.16. The number of hydrogen-bond donors (Lipinski definition) is 3. The van der Waals surface area contributed by atoms with Crippen LogP contribution in [0.25, 0.3) is 0 Å². The van der Waals surface area contributed by atoms with Crippen molar-refractivity contribution in [3.8, 4) is 0 Å². The van der Waals surface area contributed by atoms with E-state index in [1.807, 2.05) is 24.1 Å². The van der Waals surface area contributed by atoms with Gasteiger partial charge in [-0.1, -0.05) is 23.5 Å². The predicted octanol–water partition coefficient (Wildman–Crippen LogP) is 2.62. The molecule has 0 saturated carbocycles. The van der Waals surface area contributed by atoms with Gasteiger partial charge in [0, 0.05) is 50.2 Å². The molecule has 1 aromatic heterocycles. The van der Waals surface area contributed by atoms with Gasteiger partial charge < -0.3 is 30.6 Å². The smallest absolute Gasteiger partial charge is 0.292 e. The van der Waals surface area contributed by atoms with Crippen LogP contribution in [0.3, 0.4) is 0 Å². The number of likely N-dealkylation sites (tertiary alicyclic amines) is 1. The third kappa shape index (κ3) is 6.77. The molecule has 4 rings (SSSR count). The number of benzene rings is 1. The molecule has 0 radical (unpaired) electrons. The Labute approximate surface area is 204 Å². The summed E-state index contributed by atoms with van der Waals surface area (Å²) in [5.74, 6) is 0.681. The molecule has 4 N–H and O–H groups in total. The van der Waals surface area contributed by atoms with Gasteiger partial charge in [0.2, 0.25) is 0 Å². The van der Waals surface area contributed by atoms with E-state index in [1.165, 1.54) is 32.2 Å². The van der Waals surface area contributed by atoms with E-state index < -0.39 is 5.91 Å². The molecule has 0 bridgehead atoms. The number of nitrogens with one attached hydrogen (secondary N) is 2. The highest BCUT2D eigenvalue weighted by molar-refractivity contribution is 7.97. The van der Waals surface area contributed by atoms with Crippen molar-refractivity contribution < 1.29 is 9.21 Å². The lowest BCUT2D eigenvalue weighted by Crippen LogP contribution is -2.44. The lowest BCUT2D eigenvalue weighted by Gasteiger charge is -2.35. The number of nitrogens with zero attached hydrogens (tertiary/aromatic N) is 4. The van der Waals surface area contributed by atoms with Gasteiger partial charge in [0.1, 0.15) is 6.26 Å². The Morgan fingerprint density at radius 1 is 1.24 bits per heavy atom. The van der Waals surface area contributed by atoms with Gasteiger partial charge in [0.25, 0.3) is 11.9 Å². The Kier molecular flexibility index (Phi) is 8.37. The first-order valence-corrected chi connectivity index (χ1v) is 12.7. The lowest BCUT2D eigenvalue weighted by atomic mass is 10.1. The van der Waals surface area contributed by atoms with Crippen LogP contribution in [0.1, 0.15) is 23.3 Å². The van der Waals surface area contributed by atoms with Crippen LogP contribution in [0.2, 0.25) is 5.02 Å². The molecule has 3 heterocycles. The van der Waals surface area contributed by atoms with E-state index in [2.05, 4.69) is 36.8 Å². The number of amides is 1. The third-order valence-electron chi connectivity index (χ3n) is 6.08. The van der Waals surface area contributed by atoms with Crippen molar-refractivity contribution >= 4 is 46.8 Å². The first-order valence-electron chi connectivity index (χ1n) is 11.3. The average Bonchev–Trinajstić information content (AvgIpc) is 3.26. The van der Waals surface area contributed by atoms with Crippen molar-refractivity contribution in [2.75, 3.05) is 74.6 Å². The molecule has 0 atom stereocenters. The Bertz CT molecular complexity index is 927. The summed E-state index contributed by atoms with van der Waals surface area (Å²) in [6, 6.07) is 6.31. The first kappa shape index (κ1) is 24.2. The molecule has 1 amide bonds. The highest BCUT2D eigenvalue weighted by Gasteiger charge is 2.20. The molecular weight excluding hydrogens is 462 g/mol. The molecule has 2 aliphatic rings. The summed E-state index contributed by atoms with van der Waals surface area (Å²) >= 11 is 8.23. The minimum Gasteiger partial charge on any atom is -0.431 e. The van der Waals surface area contributed by atoms with Crippen LogP contribution in [0.5, 0.6) is 0 Å². The number of hydrogen-bond acceptors (Lipinski definition) is 9. The second kappa shape index (κ2) is 11.4. The second-order valence-electron chi connectivity index (χ2n) is 8.47. The van der Waals surface area contributed by atoms with Gasteiger partial charge in [-0.3, -0.25) is 4.79 Å². The van der Waals surface area contributed by atoms with Crippen molar-refractivity contribution in [3.05, 3.63) is 35.2 Å². The SMILES string of the molecule is CN1CCC(NCCSN2CCN(c3ccc(Cl)c(NC(=O)c4coc(N)n4)c3)CC2)CC1. The van der Waals surface area contributed by atoms with E-state index in [0.29, 0.717) is 16.8 Å². The topological polar surface area (TPSA) is 103 Å². The number of carbonyl (C=O) groups excluding carboxylic acids is 1. The minimum atomic E-state index is -0.412. The summed E-state index contributed by atoms with van der Waals surface area (Å²) in [7, 11) is 2.20. The van der Waals surface area contributed by atoms with E-state index in [1.54, 1.807) is 6.07 Å². The number of rotatable bonds is 8. The van der Waals surface area contributed by atoms with Crippen LogP contribution in [-0.4, -0.2) is 84.8 Å². The maximum Gasteiger partial charge on any atom is 0.292 e. The van der Waals surface area contributed by atoms with Crippen molar-refractivity contribution in [1.82, 2.24) is 19.5 Å². The molecule has 180 valence electrons. The monoisotopic (exact) mass is 493 g/mol. The van der Waals surface area contributed by atoms with Gasteiger partial charge >= 0.3 is 0 Å². The summed E-state index contributed by atoms with van der Waals surface area (Å²) in [5, 5.41) is 6.97. The Hall–Kier alpha value is -1.98. The summed E-state index contributed by atoms with van der Waals surface area (Å²) < 4.78 is 7.35. The minimum absolute atomic E-state index is 0.0478. The van der Waals surface area contributed by atoms with Crippen LogP contribution < -0.4 is 21.3 Å². The lowest BCUT2D eigenvalue weighted by molar-refractivity contribution is 0.102. The zero-order valence-corrected chi connectivity index (χ0v) is 20.5. The number of carbonyl (C=O) groups is 1. The van der Waals surface area contributed by atoms with Gasteiger partial charge in [0.15, 0.2) is 5.69 Å². The van der Waals surface area contributed by atoms with Crippen molar-refractivity contribution in [2.24, 2.45) is 0 Å². The third-order valence-corrected chi connectivity index (χ3v) is 7.53. The van der Waals surface area contributed by atoms with Crippen molar-refractivity contribution in [1.29, 1.82) is 0 Å². The maximum absolute atomic E-state index is 12.4. The number of anilines is 3. The van der Waals surface area contributed by atoms with E-state index in [-0.39, 0.29) is 11.7 Å². The molecule has 0 aliphatic carbocycles. The van der Waals surface area contributed by atoms with Gasteiger partial charge in [-0.05, 0) is 51.2 Å². The van der Waals surface area contributed by atoms with Crippen molar-refractivity contribution in [3.63, 3.8) is 0 Å². The van der Waals surface area contributed by atoms with Crippen LogP contribution in [0, 0.1) is 0 Å². The summed E-state index contributed by atoms with van der Waals surface area (Å²) in [4.78, 5) is 20.9. The fraction of sp³-hybridized carbons (Fsp3) is 0.545. The fourth-order valence-electron chi connectivity index (χ4n) is 4.11. The Morgan fingerprint density at radius 3 is 2.70 bits per heavy atom. The zero-order chi connectivity index (χ0) is 23.2. The van der Waals surface area contributed by atoms with Crippen LogP contribution in [0.15, 0.2) is 28.9 Å². The van der Waals surface area contributed by atoms with Crippen LogP contribution in [0.4, 0.5) is 17.4 Å². The molecular formula is C22H32ClN7O2S. The maximum atomic E-state index is 12.4. The number of oxazole rings is 1. The van der Waals surface area contributed by atoms with E-state index in [0.717, 1.165) is 44.2 Å². The van der Waals surface area contributed by atoms with Gasteiger partial charge in [-0.25, -0.2) is 4.31 Å². The van der Waals surface area contributed by atoms with E-state index in [4.69, 9.17) is 21.8 Å². The summed E-state index contributed by atoms with van der Waals surface area (Å²) in [5.41, 5.74) is 7.13. The van der Waals surface area contributed by atoms with E-state index in [9.17, 15) is 4.79 Å². The quantitative estimate of drug-likeness (QED) is 0.378. The Morgan fingerprint density at radius 2 is 2.00 bits per heavy atom. The number of aromatic nitrogens is 1. The molecule has 2 aromatic rings. The highest BCUT2D eigenvalue weighted by Crippen LogP contribution is 2.29. The zero-order valence-electron chi connectivity index (χ0n) is 18.9. The highest BCUT2D eigenvalue weighted by atomic mass is 35.5. The largest absolute Gasteiger partial charge is 0.431 e. The molecule has 2 saturated heterocycles. The number of piperazine rings is 1. The number of nitrogen functional groups attached to an aromatic ring is 1. The summed E-state index contributed by atoms with van der Waals surface area (Å²) in [6.07, 6.45) is 3.72. The number of nitrogens with two attached hydrogens (primary N) is 1. The second-order valence-corrected chi connectivity index (χ2v) is 10.1. The normalized spacial score (nSPS) is 18.5. The van der Waals surface area contributed by atoms with Crippen LogP contribution >= 0.6 is 23.5 Å². The summed E-state index contributed by atoms with van der Waals surface area (Å²) in [6.45, 7) is 7.25. The molecule has 2 aliphatic heterocycles. The number of halogens is 1. The standard InChI is InChI=1S/C22H32ClN7O2S/c1-28-7-4-16(5-8-28)25-6-13-33-30-11-9-29(10-12-30)17-2-3-18(23)19(14-17)26-21(31)20-15-32-22(24)27-20/h2-3,14-16,25H,4-13H2,1H3,(H2,24,27)(H,26,31). The molecule has 2 fully saturated rings. The molecule has 9 nitrogen and oxygen atoms in total. The van der Waals surface area contributed by atoms with Crippen molar-refractivity contribution in [2.45, 2.75) is 18.9 Å². The first-order chi connectivity index (χ1) is 16.0. The molecule has 1 aromatic carbocycles. The Balaban J connectivity index is 1.21. The molecule has 11 heteroatoms. The van der Waals surface area contributed by atoms with Crippen LogP contribution in [-0.2, 0) is 0 Å². The van der Waals surface area contributed by atoms with Gasteiger partial charge in [-0.2, -0.15) is 4.98 Å². The van der Waals surface area contributed by atoms with E-state index >= 15 is 0 Å². The molecule has 0 unspecified atom stereocenters. The number of piperidine rings is 1. The average molecular weight is 494 g/mol. The molecule has 0 spiro atoms. The molecule has 33 heavy (non-hydrogen) atoms. The van der Waals surface area contributed by atoms with Gasteiger partial charge in [-0.15, -0.1) is 0 Å². The predicted molar refractivity (Wildman–Crippen MR) is 135 cm³/mol.